The molecule has 1 aromatic carbocycles. The minimum absolute atomic E-state index is 0.0738. The molecule has 27 heavy (non-hydrogen) atoms. The normalized spacial score (nSPS) is 21.4. The van der Waals surface area contributed by atoms with Crippen LogP contribution in [0.25, 0.3) is 0 Å². The molecular weight excluding hydrogens is 358 g/mol. The topological polar surface area (TPSA) is 54.5 Å². The Morgan fingerprint density at radius 3 is 2.81 bits per heavy atom. The third-order valence-corrected chi connectivity index (χ3v) is 6.49. The first-order valence-corrected chi connectivity index (χ1v) is 10.4. The number of ketones is 1. The quantitative estimate of drug-likeness (QED) is 0.752. The van der Waals surface area contributed by atoms with Crippen LogP contribution in [-0.2, 0) is 0 Å². The van der Waals surface area contributed by atoms with Gasteiger partial charge < -0.3 is 4.74 Å². The summed E-state index contributed by atoms with van der Waals surface area (Å²) in [5.74, 6) is 1.38. The second-order valence-electron chi connectivity index (χ2n) is 7.09. The summed E-state index contributed by atoms with van der Waals surface area (Å²) in [5, 5.41) is 3.01. The zero-order valence-electron chi connectivity index (χ0n) is 16.0. The lowest BCUT2D eigenvalue weighted by molar-refractivity contribution is 0.102. The van der Waals surface area contributed by atoms with Gasteiger partial charge >= 0.3 is 0 Å². The average Bonchev–Trinajstić information content (AvgIpc) is 3.23. The van der Waals surface area contributed by atoms with Crippen molar-refractivity contribution < 1.29 is 9.53 Å². The molecule has 0 radical (unpaired) electrons. The van der Waals surface area contributed by atoms with Gasteiger partial charge in [-0.3, -0.25) is 15.2 Å². The standard InChI is InChI=1S/C21H25N3O2S/c1-4-26-16-11-9-15(10-12-16)19-17-7-5-6-8-18(17)23-24(19)21-22-13(2)20(27-21)14(3)25/h8-12,17,19,23H,4-7H2,1-3H3/t17-,19-/m1/s1. The lowest BCUT2D eigenvalue weighted by Gasteiger charge is -2.27. The first-order chi connectivity index (χ1) is 13.1. The van der Waals surface area contributed by atoms with E-state index in [9.17, 15) is 4.79 Å². The summed E-state index contributed by atoms with van der Waals surface area (Å²) in [6.07, 6.45) is 5.77. The van der Waals surface area contributed by atoms with Crippen LogP contribution < -0.4 is 15.2 Å². The predicted molar refractivity (Wildman–Crippen MR) is 108 cm³/mol. The molecule has 1 N–H and O–H groups in total. The van der Waals surface area contributed by atoms with Crippen LogP contribution in [0, 0.1) is 12.8 Å². The van der Waals surface area contributed by atoms with Gasteiger partial charge in [0, 0.05) is 18.5 Å². The number of allylic oxidation sites excluding steroid dienone is 1. The second-order valence-corrected chi connectivity index (χ2v) is 8.07. The molecule has 2 aromatic rings. The molecule has 5 nitrogen and oxygen atoms in total. The fourth-order valence-corrected chi connectivity index (χ4v) is 5.00. The lowest BCUT2D eigenvalue weighted by atomic mass is 9.84. The number of anilines is 1. The summed E-state index contributed by atoms with van der Waals surface area (Å²) in [6.45, 7) is 6.17. The number of fused-ring (bicyclic) bond motifs is 1. The summed E-state index contributed by atoms with van der Waals surface area (Å²) in [5.41, 5.74) is 6.89. The number of benzene rings is 1. The molecule has 0 amide bonds. The number of ether oxygens (including phenoxy) is 1. The average molecular weight is 384 g/mol. The highest BCUT2D eigenvalue weighted by atomic mass is 32.1. The highest BCUT2D eigenvalue weighted by Gasteiger charge is 2.41. The van der Waals surface area contributed by atoms with Crippen LogP contribution in [0.3, 0.4) is 0 Å². The van der Waals surface area contributed by atoms with Crippen LogP contribution >= 0.6 is 11.3 Å². The molecule has 0 bridgehead atoms. The molecule has 6 heteroatoms. The van der Waals surface area contributed by atoms with E-state index in [1.165, 1.54) is 29.0 Å². The molecule has 0 unspecified atom stereocenters. The summed E-state index contributed by atoms with van der Waals surface area (Å²) >= 11 is 1.47. The van der Waals surface area contributed by atoms with Gasteiger partial charge in [0.15, 0.2) is 5.78 Å². The first-order valence-electron chi connectivity index (χ1n) is 9.55. The SMILES string of the molecule is CCOc1ccc([C@@H]2[C@@H]3CCCC=C3NN2c2nc(C)c(C(C)=O)s2)cc1. The lowest BCUT2D eigenvalue weighted by Crippen LogP contribution is -2.32. The van der Waals surface area contributed by atoms with E-state index in [0.717, 1.165) is 34.3 Å². The van der Waals surface area contributed by atoms with E-state index in [2.05, 4.69) is 28.6 Å². The van der Waals surface area contributed by atoms with Gasteiger partial charge in [0.25, 0.3) is 0 Å². The van der Waals surface area contributed by atoms with Crippen molar-refractivity contribution in [2.75, 3.05) is 11.6 Å². The van der Waals surface area contributed by atoms with Gasteiger partial charge in [0.1, 0.15) is 5.75 Å². The Balaban J connectivity index is 1.72. The van der Waals surface area contributed by atoms with Crippen LogP contribution in [0.2, 0.25) is 0 Å². The first kappa shape index (κ1) is 18.0. The Morgan fingerprint density at radius 2 is 2.15 bits per heavy atom. The van der Waals surface area contributed by atoms with Crippen molar-refractivity contribution in [2.24, 2.45) is 5.92 Å². The number of nitrogens with zero attached hydrogens (tertiary/aromatic N) is 2. The number of Topliss-reactive ketones (excluding diaryl/α,β-unsaturated/α-hetero) is 1. The van der Waals surface area contributed by atoms with Crippen molar-refractivity contribution >= 4 is 22.3 Å². The van der Waals surface area contributed by atoms with Crippen molar-refractivity contribution in [1.82, 2.24) is 10.4 Å². The van der Waals surface area contributed by atoms with Crippen molar-refractivity contribution in [3.8, 4) is 5.75 Å². The molecule has 2 heterocycles. The molecule has 2 atom stereocenters. The maximum Gasteiger partial charge on any atom is 0.205 e. The van der Waals surface area contributed by atoms with E-state index in [0.29, 0.717) is 12.5 Å². The summed E-state index contributed by atoms with van der Waals surface area (Å²) in [6, 6.07) is 8.53. The van der Waals surface area contributed by atoms with Gasteiger partial charge in [-0.25, -0.2) is 4.98 Å². The Labute approximate surface area is 164 Å². The van der Waals surface area contributed by atoms with E-state index < -0.39 is 0 Å². The smallest absolute Gasteiger partial charge is 0.205 e. The van der Waals surface area contributed by atoms with Crippen LogP contribution in [-0.4, -0.2) is 17.4 Å². The predicted octanol–water partition coefficient (Wildman–Crippen LogP) is 4.80. The minimum Gasteiger partial charge on any atom is -0.494 e. The number of hydrazine groups is 1. The molecule has 1 aliphatic heterocycles. The van der Waals surface area contributed by atoms with Gasteiger partial charge in [-0.15, -0.1) is 0 Å². The van der Waals surface area contributed by atoms with Crippen LogP contribution in [0.15, 0.2) is 36.0 Å². The molecule has 1 aromatic heterocycles. The van der Waals surface area contributed by atoms with Gasteiger partial charge in [-0.1, -0.05) is 29.5 Å². The monoisotopic (exact) mass is 383 g/mol. The second kappa shape index (κ2) is 7.35. The van der Waals surface area contributed by atoms with Gasteiger partial charge in [0.05, 0.1) is 23.2 Å². The van der Waals surface area contributed by atoms with Gasteiger partial charge in [-0.2, -0.15) is 0 Å². The van der Waals surface area contributed by atoms with Crippen molar-refractivity contribution in [2.45, 2.75) is 46.1 Å². The number of hydrogen-bond donors (Lipinski definition) is 1. The number of thiazole rings is 1. The summed E-state index contributed by atoms with van der Waals surface area (Å²) < 4.78 is 5.60. The fourth-order valence-electron chi connectivity index (χ4n) is 4.04. The number of aryl methyl sites for hydroxylation is 1. The number of nitrogens with one attached hydrogen (secondary N) is 1. The zero-order valence-corrected chi connectivity index (χ0v) is 16.8. The number of carbonyl (C=O) groups excluding carboxylic acids is 1. The highest BCUT2D eigenvalue weighted by molar-refractivity contribution is 7.17. The van der Waals surface area contributed by atoms with Crippen molar-refractivity contribution in [1.29, 1.82) is 0 Å². The molecule has 0 spiro atoms. The number of carbonyl (C=O) groups is 1. The third-order valence-electron chi connectivity index (χ3n) is 5.24. The molecule has 4 rings (SSSR count). The third kappa shape index (κ3) is 3.34. The molecule has 0 saturated carbocycles. The maximum atomic E-state index is 11.9. The number of rotatable bonds is 5. The summed E-state index contributed by atoms with van der Waals surface area (Å²) in [7, 11) is 0. The van der Waals surface area contributed by atoms with Crippen LogP contribution in [0.1, 0.15) is 60.1 Å². The molecule has 1 aliphatic carbocycles. The molecular formula is C21H25N3O2S. The largest absolute Gasteiger partial charge is 0.494 e. The Bertz CT molecular complexity index is 872. The molecule has 2 aliphatic rings. The van der Waals surface area contributed by atoms with Gasteiger partial charge in [-0.05, 0) is 50.8 Å². The van der Waals surface area contributed by atoms with Crippen LogP contribution in [0.4, 0.5) is 5.13 Å². The number of hydrogen-bond acceptors (Lipinski definition) is 6. The van der Waals surface area contributed by atoms with Crippen LogP contribution in [0.5, 0.6) is 5.75 Å². The molecule has 1 fully saturated rings. The summed E-state index contributed by atoms with van der Waals surface area (Å²) in [4.78, 5) is 17.3. The highest BCUT2D eigenvalue weighted by Crippen LogP contribution is 2.46. The Morgan fingerprint density at radius 1 is 1.37 bits per heavy atom. The number of aromatic nitrogens is 1. The van der Waals surface area contributed by atoms with Crippen molar-refractivity contribution in [3.63, 3.8) is 0 Å². The molecule has 1 saturated heterocycles. The van der Waals surface area contributed by atoms with E-state index in [4.69, 9.17) is 9.72 Å². The fraction of sp³-hybridized carbons (Fsp3) is 0.429. The van der Waals surface area contributed by atoms with E-state index >= 15 is 0 Å². The van der Waals surface area contributed by atoms with E-state index in [1.807, 2.05) is 26.0 Å². The van der Waals surface area contributed by atoms with E-state index in [-0.39, 0.29) is 11.8 Å². The minimum atomic E-state index is 0.0738. The zero-order chi connectivity index (χ0) is 19.0. The van der Waals surface area contributed by atoms with Crippen molar-refractivity contribution in [3.05, 3.63) is 52.2 Å². The maximum absolute atomic E-state index is 11.9. The molecule has 142 valence electrons. The Kier molecular flexibility index (Phi) is 4.91. The van der Waals surface area contributed by atoms with Gasteiger partial charge in [0.2, 0.25) is 5.13 Å². The Hall–Kier alpha value is -2.34. The van der Waals surface area contributed by atoms with E-state index in [1.54, 1.807) is 6.92 Å².